The van der Waals surface area contributed by atoms with Crippen molar-refractivity contribution in [3.8, 4) is 0 Å². The molecule has 1 N–H and O–H groups in total. The molecule has 0 spiro atoms. The predicted octanol–water partition coefficient (Wildman–Crippen LogP) is 3.78. The number of carboxylic acids is 1. The number of carbonyl (C=O) groups excluding carboxylic acids is 2. The van der Waals surface area contributed by atoms with Crippen molar-refractivity contribution < 1.29 is 19.5 Å². The molecule has 1 aliphatic rings. The first-order valence-electron chi connectivity index (χ1n) is 7.72. The molecule has 0 aliphatic heterocycles. The molecule has 4 rings (SSSR count). The van der Waals surface area contributed by atoms with E-state index in [1.165, 1.54) is 24.3 Å². The van der Waals surface area contributed by atoms with Crippen LogP contribution in [0.1, 0.15) is 15.9 Å². The Morgan fingerprint density at radius 2 is 1.64 bits per heavy atom. The lowest BCUT2D eigenvalue weighted by Gasteiger charge is -2.13. The van der Waals surface area contributed by atoms with Crippen LogP contribution in [0.15, 0.2) is 66.8 Å². The lowest BCUT2D eigenvalue weighted by atomic mass is 9.89. The first-order valence-corrected chi connectivity index (χ1v) is 7.72. The van der Waals surface area contributed by atoms with Crippen molar-refractivity contribution in [2.24, 2.45) is 0 Å². The van der Waals surface area contributed by atoms with Crippen molar-refractivity contribution >= 4 is 44.7 Å². The van der Waals surface area contributed by atoms with Crippen molar-refractivity contribution in [3.05, 3.63) is 77.9 Å². The van der Waals surface area contributed by atoms with E-state index in [4.69, 9.17) is 0 Å². The summed E-state index contributed by atoms with van der Waals surface area (Å²) in [6.45, 7) is 0. The molecule has 25 heavy (non-hydrogen) atoms. The van der Waals surface area contributed by atoms with Crippen LogP contribution in [0.25, 0.3) is 27.1 Å². The van der Waals surface area contributed by atoms with Gasteiger partial charge in [0.05, 0.1) is 5.56 Å². The van der Waals surface area contributed by atoms with Crippen LogP contribution in [0.5, 0.6) is 0 Å². The first kappa shape index (κ1) is 15.0. The van der Waals surface area contributed by atoms with E-state index in [9.17, 15) is 19.5 Å². The molecule has 0 unspecified atom stereocenters. The van der Waals surface area contributed by atoms with Gasteiger partial charge in [0.25, 0.3) is 0 Å². The number of ketones is 2. The molecule has 1 aliphatic carbocycles. The maximum absolute atomic E-state index is 12.3. The maximum atomic E-state index is 12.3. The molecule has 0 saturated carbocycles. The molecule has 0 aromatic heterocycles. The number of hydrogen-bond acceptors (Lipinski definition) is 3. The van der Waals surface area contributed by atoms with Gasteiger partial charge in [0.15, 0.2) is 11.6 Å². The molecular formula is C21H12O4. The number of carboxylic acid groups (broad SMARTS) is 1. The van der Waals surface area contributed by atoms with Crippen LogP contribution in [0.4, 0.5) is 0 Å². The minimum absolute atomic E-state index is 0.0783. The summed E-state index contributed by atoms with van der Waals surface area (Å²) in [5, 5.41) is 12.8. The summed E-state index contributed by atoms with van der Waals surface area (Å²) < 4.78 is 0. The number of carbonyl (C=O) groups is 3. The van der Waals surface area contributed by atoms with E-state index in [1.54, 1.807) is 6.07 Å². The Morgan fingerprint density at radius 1 is 0.840 bits per heavy atom. The Kier molecular flexibility index (Phi) is 3.32. The van der Waals surface area contributed by atoms with Gasteiger partial charge in [0.1, 0.15) is 0 Å². The number of aromatic carboxylic acids is 1. The fourth-order valence-corrected chi connectivity index (χ4v) is 3.18. The van der Waals surface area contributed by atoms with Gasteiger partial charge in [-0.15, -0.1) is 0 Å². The zero-order valence-corrected chi connectivity index (χ0v) is 13.0. The maximum Gasteiger partial charge on any atom is 0.335 e. The Balaban J connectivity index is 2.13. The highest BCUT2D eigenvalue weighted by molar-refractivity contribution is 6.36. The summed E-state index contributed by atoms with van der Waals surface area (Å²) >= 11 is 0. The predicted molar refractivity (Wildman–Crippen MR) is 95.5 cm³/mol. The molecule has 0 saturated heterocycles. The van der Waals surface area contributed by atoms with Gasteiger partial charge in [-0.3, -0.25) is 9.59 Å². The number of fused-ring (bicyclic) bond motifs is 3. The summed E-state index contributed by atoms with van der Waals surface area (Å²) in [5.41, 5.74) is 0.758. The van der Waals surface area contributed by atoms with Gasteiger partial charge in [-0.2, -0.15) is 0 Å². The summed E-state index contributed by atoms with van der Waals surface area (Å²) in [4.78, 5) is 35.6. The second-order valence-corrected chi connectivity index (χ2v) is 5.87. The molecular weight excluding hydrogens is 316 g/mol. The van der Waals surface area contributed by atoms with E-state index >= 15 is 0 Å². The molecule has 0 fully saturated rings. The lowest BCUT2D eigenvalue weighted by Crippen LogP contribution is -2.08. The van der Waals surface area contributed by atoms with Gasteiger partial charge in [0.2, 0.25) is 0 Å². The van der Waals surface area contributed by atoms with E-state index < -0.39 is 5.97 Å². The van der Waals surface area contributed by atoms with E-state index in [-0.39, 0.29) is 22.7 Å². The quantitative estimate of drug-likeness (QED) is 0.574. The summed E-state index contributed by atoms with van der Waals surface area (Å²) in [5.74, 6) is -1.68. The fraction of sp³-hybridized carbons (Fsp3) is 0. The van der Waals surface area contributed by atoms with Crippen molar-refractivity contribution in [1.29, 1.82) is 0 Å². The average Bonchev–Trinajstić information content (AvgIpc) is 2.62. The molecule has 120 valence electrons. The smallest absolute Gasteiger partial charge is 0.335 e. The Labute approximate surface area is 142 Å². The van der Waals surface area contributed by atoms with Gasteiger partial charge in [-0.05, 0) is 57.5 Å². The highest BCUT2D eigenvalue weighted by Gasteiger charge is 2.20. The third kappa shape index (κ3) is 2.44. The van der Waals surface area contributed by atoms with Crippen molar-refractivity contribution in [3.63, 3.8) is 0 Å². The monoisotopic (exact) mass is 328 g/mol. The van der Waals surface area contributed by atoms with E-state index in [2.05, 4.69) is 0 Å². The number of hydrogen-bond donors (Lipinski definition) is 1. The van der Waals surface area contributed by atoms with Crippen molar-refractivity contribution in [2.75, 3.05) is 0 Å². The van der Waals surface area contributed by atoms with Crippen LogP contribution in [0.2, 0.25) is 0 Å². The first-order chi connectivity index (χ1) is 12.0. The van der Waals surface area contributed by atoms with Gasteiger partial charge < -0.3 is 5.11 Å². The zero-order chi connectivity index (χ0) is 17.6. The standard InChI is InChI=1S/C21H12O4/c22-14-6-8-20(23)19(11-14)18-10-13(21(24)25)9-17-15-4-2-1-3-12(15)5-7-16(17)18/h1-11H,(H,24,25). The summed E-state index contributed by atoms with van der Waals surface area (Å²) in [6, 6.07) is 14.5. The normalized spacial score (nSPS) is 14.2. The Bertz CT molecular complexity index is 1150. The van der Waals surface area contributed by atoms with Crippen molar-refractivity contribution in [2.45, 2.75) is 0 Å². The lowest BCUT2D eigenvalue weighted by molar-refractivity contribution is -0.113. The molecule has 3 aromatic carbocycles. The molecule has 3 aromatic rings. The SMILES string of the molecule is O=C1C=CC(=O)C(c2cc(C(=O)O)cc3c2ccc2ccccc23)=C1. The number of allylic oxidation sites excluding steroid dienone is 4. The molecule has 4 heteroatoms. The highest BCUT2D eigenvalue weighted by Crippen LogP contribution is 2.33. The van der Waals surface area contributed by atoms with Crippen LogP contribution in [0, 0.1) is 0 Å². The summed E-state index contributed by atoms with van der Waals surface area (Å²) in [6.07, 6.45) is 3.69. The molecule has 0 radical (unpaired) electrons. The molecule has 0 amide bonds. The molecule has 4 nitrogen and oxygen atoms in total. The van der Waals surface area contributed by atoms with Gasteiger partial charge in [0, 0.05) is 5.57 Å². The van der Waals surface area contributed by atoms with E-state index in [0.29, 0.717) is 5.56 Å². The van der Waals surface area contributed by atoms with Crippen LogP contribution >= 0.6 is 0 Å². The number of benzene rings is 3. The largest absolute Gasteiger partial charge is 0.478 e. The van der Waals surface area contributed by atoms with Crippen molar-refractivity contribution in [1.82, 2.24) is 0 Å². The third-order valence-electron chi connectivity index (χ3n) is 4.35. The van der Waals surface area contributed by atoms with Gasteiger partial charge in [-0.25, -0.2) is 4.79 Å². The number of rotatable bonds is 2. The van der Waals surface area contributed by atoms with Crippen LogP contribution < -0.4 is 0 Å². The Morgan fingerprint density at radius 3 is 2.44 bits per heavy atom. The van der Waals surface area contributed by atoms with Crippen LogP contribution in [0.3, 0.4) is 0 Å². The summed E-state index contributed by atoms with van der Waals surface area (Å²) in [7, 11) is 0. The topological polar surface area (TPSA) is 71.4 Å². The van der Waals surface area contributed by atoms with Gasteiger partial charge >= 0.3 is 5.97 Å². The van der Waals surface area contributed by atoms with Crippen LogP contribution in [-0.4, -0.2) is 22.6 Å². The fourth-order valence-electron chi connectivity index (χ4n) is 3.18. The highest BCUT2D eigenvalue weighted by atomic mass is 16.4. The zero-order valence-electron chi connectivity index (χ0n) is 13.0. The third-order valence-corrected chi connectivity index (χ3v) is 4.35. The Hall–Kier alpha value is -3.53. The molecule has 0 atom stereocenters. The second-order valence-electron chi connectivity index (χ2n) is 5.87. The average molecular weight is 328 g/mol. The molecule has 0 bridgehead atoms. The van der Waals surface area contributed by atoms with E-state index in [1.807, 2.05) is 36.4 Å². The molecule has 0 heterocycles. The minimum atomic E-state index is -1.08. The van der Waals surface area contributed by atoms with Gasteiger partial charge in [-0.1, -0.05) is 36.4 Å². The van der Waals surface area contributed by atoms with Crippen LogP contribution in [-0.2, 0) is 9.59 Å². The van der Waals surface area contributed by atoms with E-state index in [0.717, 1.165) is 21.5 Å². The minimum Gasteiger partial charge on any atom is -0.478 e. The second kappa shape index (κ2) is 5.53.